The molecule has 0 amide bonds. The standard InChI is InChI=1S/C17H14F3N5O2/c1-26-14-8-4-13(5-9-14)25-16(22-23-24-25)10-11-21-12-2-6-15(7-3-12)27-17(18,19)20/h2-11,21H,1H3/b11-10+. The minimum atomic E-state index is -4.71. The predicted molar refractivity (Wildman–Crippen MR) is 91.5 cm³/mol. The van der Waals surface area contributed by atoms with Crippen LogP contribution in [0.5, 0.6) is 11.5 Å². The number of nitrogens with one attached hydrogen (secondary N) is 1. The van der Waals surface area contributed by atoms with E-state index in [2.05, 4.69) is 25.6 Å². The highest BCUT2D eigenvalue weighted by atomic mass is 19.4. The molecule has 1 N–H and O–H groups in total. The van der Waals surface area contributed by atoms with Crippen molar-refractivity contribution in [3.05, 3.63) is 60.6 Å². The molecule has 0 radical (unpaired) electrons. The van der Waals surface area contributed by atoms with E-state index < -0.39 is 6.36 Å². The summed E-state index contributed by atoms with van der Waals surface area (Å²) in [6.07, 6.45) is -1.51. The van der Waals surface area contributed by atoms with Crippen LogP contribution in [0.25, 0.3) is 11.8 Å². The Labute approximate surface area is 152 Å². The highest BCUT2D eigenvalue weighted by molar-refractivity contribution is 5.53. The van der Waals surface area contributed by atoms with Crippen molar-refractivity contribution < 1.29 is 22.6 Å². The maximum absolute atomic E-state index is 12.1. The number of anilines is 1. The quantitative estimate of drug-likeness (QED) is 0.707. The third-order valence-corrected chi connectivity index (χ3v) is 3.38. The van der Waals surface area contributed by atoms with Gasteiger partial charge < -0.3 is 14.8 Å². The average Bonchev–Trinajstić information content (AvgIpc) is 3.10. The van der Waals surface area contributed by atoms with Crippen LogP contribution in [0.2, 0.25) is 0 Å². The lowest BCUT2D eigenvalue weighted by molar-refractivity contribution is -0.274. The number of methoxy groups -OCH3 is 1. The molecule has 0 aliphatic carbocycles. The van der Waals surface area contributed by atoms with Gasteiger partial charge in [0, 0.05) is 18.0 Å². The normalized spacial score (nSPS) is 11.6. The lowest BCUT2D eigenvalue weighted by Gasteiger charge is -2.09. The van der Waals surface area contributed by atoms with Crippen molar-refractivity contribution in [2.75, 3.05) is 12.4 Å². The first-order valence-corrected chi connectivity index (χ1v) is 7.66. The van der Waals surface area contributed by atoms with Crippen molar-refractivity contribution in [1.29, 1.82) is 0 Å². The zero-order valence-corrected chi connectivity index (χ0v) is 14.0. The van der Waals surface area contributed by atoms with Gasteiger partial charge in [0.2, 0.25) is 0 Å². The maximum Gasteiger partial charge on any atom is 0.573 e. The van der Waals surface area contributed by atoms with Gasteiger partial charge in [-0.25, -0.2) is 0 Å². The van der Waals surface area contributed by atoms with Crippen molar-refractivity contribution in [2.24, 2.45) is 0 Å². The molecule has 0 fully saturated rings. The average molecular weight is 377 g/mol. The van der Waals surface area contributed by atoms with E-state index >= 15 is 0 Å². The third kappa shape index (κ3) is 4.97. The first-order chi connectivity index (χ1) is 12.9. The Morgan fingerprint density at radius 1 is 1.00 bits per heavy atom. The Morgan fingerprint density at radius 2 is 1.67 bits per heavy atom. The Balaban J connectivity index is 1.66. The monoisotopic (exact) mass is 377 g/mol. The van der Waals surface area contributed by atoms with Crippen LogP contribution >= 0.6 is 0 Å². The van der Waals surface area contributed by atoms with Crippen LogP contribution in [-0.4, -0.2) is 33.7 Å². The number of ether oxygens (including phenoxy) is 2. The number of aromatic nitrogens is 4. The summed E-state index contributed by atoms with van der Waals surface area (Å²) in [6.45, 7) is 0. The molecule has 27 heavy (non-hydrogen) atoms. The number of hydrogen-bond acceptors (Lipinski definition) is 6. The van der Waals surface area contributed by atoms with E-state index in [9.17, 15) is 13.2 Å². The fourth-order valence-corrected chi connectivity index (χ4v) is 2.17. The van der Waals surface area contributed by atoms with Crippen molar-refractivity contribution in [2.45, 2.75) is 6.36 Å². The first-order valence-electron chi connectivity index (χ1n) is 7.66. The smallest absolute Gasteiger partial charge is 0.497 e. The molecule has 0 bridgehead atoms. The molecule has 140 valence electrons. The Morgan fingerprint density at radius 3 is 2.30 bits per heavy atom. The molecule has 1 heterocycles. The highest BCUT2D eigenvalue weighted by Gasteiger charge is 2.30. The summed E-state index contributed by atoms with van der Waals surface area (Å²) in [7, 11) is 1.58. The van der Waals surface area contributed by atoms with Gasteiger partial charge in [0.05, 0.1) is 12.8 Å². The molecule has 0 aliphatic heterocycles. The molecule has 0 saturated carbocycles. The molecule has 3 aromatic rings. The SMILES string of the molecule is COc1ccc(-n2nnnc2/C=C/Nc2ccc(OC(F)(F)F)cc2)cc1. The predicted octanol–water partition coefficient (Wildman–Crippen LogP) is 3.65. The second-order valence-corrected chi connectivity index (χ2v) is 5.20. The van der Waals surface area contributed by atoms with Gasteiger partial charge >= 0.3 is 6.36 Å². The molecule has 3 rings (SSSR count). The highest BCUT2D eigenvalue weighted by Crippen LogP contribution is 2.24. The molecular formula is C17H14F3N5O2. The first kappa shape index (κ1) is 18.2. The Kier molecular flexibility index (Phi) is 5.25. The topological polar surface area (TPSA) is 74.1 Å². The number of benzene rings is 2. The van der Waals surface area contributed by atoms with Crippen LogP contribution in [0.1, 0.15) is 5.82 Å². The van der Waals surface area contributed by atoms with E-state index in [1.54, 1.807) is 43.7 Å². The molecule has 10 heteroatoms. The fraction of sp³-hybridized carbons (Fsp3) is 0.118. The van der Waals surface area contributed by atoms with E-state index in [4.69, 9.17) is 4.74 Å². The number of alkyl halides is 3. The van der Waals surface area contributed by atoms with E-state index in [0.717, 1.165) is 5.69 Å². The van der Waals surface area contributed by atoms with Crippen LogP contribution in [-0.2, 0) is 0 Å². The molecule has 0 atom stereocenters. The van der Waals surface area contributed by atoms with Crippen LogP contribution in [0.15, 0.2) is 54.7 Å². The Bertz CT molecular complexity index is 906. The molecular weight excluding hydrogens is 363 g/mol. The number of hydrogen-bond donors (Lipinski definition) is 1. The molecule has 0 saturated heterocycles. The van der Waals surface area contributed by atoms with Crippen LogP contribution in [0.3, 0.4) is 0 Å². The summed E-state index contributed by atoms with van der Waals surface area (Å²) in [5.74, 6) is 0.883. The second kappa shape index (κ2) is 7.77. The number of halogens is 3. The fourth-order valence-electron chi connectivity index (χ4n) is 2.17. The van der Waals surface area contributed by atoms with Gasteiger partial charge in [-0.2, -0.15) is 4.68 Å². The minimum Gasteiger partial charge on any atom is -0.497 e. The summed E-state index contributed by atoms with van der Waals surface area (Å²) < 4.78 is 46.9. The zero-order valence-electron chi connectivity index (χ0n) is 14.0. The van der Waals surface area contributed by atoms with Crippen molar-refractivity contribution in [1.82, 2.24) is 20.2 Å². The summed E-state index contributed by atoms with van der Waals surface area (Å²) in [5, 5.41) is 14.4. The molecule has 1 aromatic heterocycles. The second-order valence-electron chi connectivity index (χ2n) is 5.20. The van der Waals surface area contributed by atoms with E-state index in [1.807, 2.05) is 0 Å². The zero-order chi connectivity index (χ0) is 19.3. The number of tetrazole rings is 1. The lowest BCUT2D eigenvalue weighted by Crippen LogP contribution is -2.16. The summed E-state index contributed by atoms with van der Waals surface area (Å²) in [4.78, 5) is 0. The van der Waals surface area contributed by atoms with Gasteiger partial charge in [0.1, 0.15) is 11.5 Å². The maximum atomic E-state index is 12.1. The number of rotatable bonds is 6. The molecule has 2 aromatic carbocycles. The Hall–Kier alpha value is -3.56. The van der Waals surface area contributed by atoms with Crippen LogP contribution in [0.4, 0.5) is 18.9 Å². The van der Waals surface area contributed by atoms with Crippen molar-refractivity contribution >= 4 is 11.8 Å². The third-order valence-electron chi connectivity index (χ3n) is 3.38. The largest absolute Gasteiger partial charge is 0.573 e. The van der Waals surface area contributed by atoms with E-state index in [1.165, 1.54) is 28.9 Å². The minimum absolute atomic E-state index is 0.291. The molecule has 0 spiro atoms. The van der Waals surface area contributed by atoms with E-state index in [-0.39, 0.29) is 5.75 Å². The van der Waals surface area contributed by atoms with E-state index in [0.29, 0.717) is 17.3 Å². The lowest BCUT2D eigenvalue weighted by atomic mass is 10.3. The van der Waals surface area contributed by atoms with Gasteiger partial charge in [-0.15, -0.1) is 18.3 Å². The van der Waals surface area contributed by atoms with Crippen LogP contribution < -0.4 is 14.8 Å². The summed E-state index contributed by atoms with van der Waals surface area (Å²) >= 11 is 0. The molecule has 0 unspecified atom stereocenters. The molecule has 0 aliphatic rings. The van der Waals surface area contributed by atoms with Gasteiger partial charge in [-0.1, -0.05) is 0 Å². The van der Waals surface area contributed by atoms with Crippen molar-refractivity contribution in [3.63, 3.8) is 0 Å². The number of nitrogens with zero attached hydrogens (tertiary/aromatic N) is 4. The van der Waals surface area contributed by atoms with Gasteiger partial charge in [-0.3, -0.25) is 0 Å². The van der Waals surface area contributed by atoms with Gasteiger partial charge in [-0.05, 0) is 59.0 Å². The molecule has 7 nitrogen and oxygen atoms in total. The van der Waals surface area contributed by atoms with Crippen molar-refractivity contribution in [3.8, 4) is 17.2 Å². The van der Waals surface area contributed by atoms with Crippen LogP contribution in [0, 0.1) is 0 Å². The van der Waals surface area contributed by atoms with Gasteiger partial charge in [0.15, 0.2) is 5.82 Å². The summed E-state index contributed by atoms with van der Waals surface area (Å²) in [5.41, 5.74) is 1.32. The summed E-state index contributed by atoms with van der Waals surface area (Å²) in [6, 6.07) is 12.5. The van der Waals surface area contributed by atoms with Gasteiger partial charge in [0.25, 0.3) is 0 Å².